The van der Waals surface area contributed by atoms with Gasteiger partial charge in [-0.05, 0) is 54.6 Å². The topological polar surface area (TPSA) is 77.4 Å². The van der Waals surface area contributed by atoms with Crippen LogP contribution in [0.15, 0.2) is 129 Å². The van der Waals surface area contributed by atoms with Crippen molar-refractivity contribution in [3.8, 4) is 5.75 Å². The summed E-state index contributed by atoms with van der Waals surface area (Å²) in [6.45, 7) is 0. The van der Waals surface area contributed by atoms with Crippen molar-refractivity contribution in [1.29, 1.82) is 0 Å². The molecule has 1 N–H and O–H groups in total. The summed E-state index contributed by atoms with van der Waals surface area (Å²) in [5.41, 5.74) is 0. The molecular formula is C24H19FO4S2. The SMILES string of the molecule is O=S(=O)([O-])c1cc(F)ccc1O.c1ccc([S+](c2ccccc2)c2ccccc2)cc1. The molecule has 0 unspecified atom stereocenters. The average molecular weight is 455 g/mol. The number of hydrogen-bond acceptors (Lipinski definition) is 4. The number of halogens is 1. The van der Waals surface area contributed by atoms with Crippen LogP contribution in [0.1, 0.15) is 0 Å². The summed E-state index contributed by atoms with van der Waals surface area (Å²) in [5.74, 6) is -1.63. The van der Waals surface area contributed by atoms with E-state index in [2.05, 4.69) is 91.0 Å². The van der Waals surface area contributed by atoms with Gasteiger partial charge in [0.15, 0.2) is 14.7 Å². The highest BCUT2D eigenvalue weighted by atomic mass is 32.2. The predicted octanol–water partition coefficient (Wildman–Crippen LogP) is 5.22. The van der Waals surface area contributed by atoms with Crippen LogP contribution >= 0.6 is 0 Å². The minimum atomic E-state index is -4.80. The van der Waals surface area contributed by atoms with Crippen molar-refractivity contribution >= 4 is 21.0 Å². The largest absolute Gasteiger partial charge is 0.744 e. The summed E-state index contributed by atoms with van der Waals surface area (Å²) in [6.07, 6.45) is 0. The van der Waals surface area contributed by atoms with Gasteiger partial charge in [0.2, 0.25) is 0 Å². The Labute approximate surface area is 183 Å². The lowest BCUT2D eigenvalue weighted by Crippen LogP contribution is -2.04. The molecule has 31 heavy (non-hydrogen) atoms. The number of phenolic OH excluding ortho intramolecular Hbond substituents is 1. The summed E-state index contributed by atoms with van der Waals surface area (Å²) in [7, 11) is -4.81. The van der Waals surface area contributed by atoms with Crippen molar-refractivity contribution < 1.29 is 22.5 Å². The Morgan fingerprint density at radius 2 is 1.06 bits per heavy atom. The van der Waals surface area contributed by atoms with Crippen molar-refractivity contribution in [3.05, 3.63) is 115 Å². The van der Waals surface area contributed by atoms with E-state index in [0.717, 1.165) is 12.1 Å². The zero-order valence-corrected chi connectivity index (χ0v) is 17.9. The fourth-order valence-electron chi connectivity index (χ4n) is 2.77. The Bertz CT molecular complexity index is 1120. The molecule has 0 atom stereocenters. The van der Waals surface area contributed by atoms with Gasteiger partial charge in [-0.25, -0.2) is 12.8 Å². The van der Waals surface area contributed by atoms with Crippen LogP contribution in [0.25, 0.3) is 0 Å². The van der Waals surface area contributed by atoms with Crippen molar-refractivity contribution in [2.24, 2.45) is 0 Å². The van der Waals surface area contributed by atoms with Crippen LogP contribution in [-0.4, -0.2) is 18.1 Å². The third-order valence-corrected chi connectivity index (χ3v) is 7.22. The minimum Gasteiger partial charge on any atom is -0.744 e. The summed E-state index contributed by atoms with van der Waals surface area (Å²) in [4.78, 5) is 3.14. The van der Waals surface area contributed by atoms with Gasteiger partial charge in [-0.1, -0.05) is 54.6 Å². The van der Waals surface area contributed by atoms with E-state index in [-0.39, 0.29) is 10.9 Å². The lowest BCUT2D eigenvalue weighted by atomic mass is 10.3. The third-order valence-electron chi connectivity index (χ3n) is 4.13. The van der Waals surface area contributed by atoms with Crippen LogP contribution in [0.5, 0.6) is 5.75 Å². The van der Waals surface area contributed by atoms with Crippen LogP contribution in [0.3, 0.4) is 0 Å². The van der Waals surface area contributed by atoms with Gasteiger partial charge in [0.25, 0.3) is 0 Å². The van der Waals surface area contributed by atoms with E-state index >= 15 is 0 Å². The van der Waals surface area contributed by atoms with Crippen molar-refractivity contribution in [2.45, 2.75) is 19.6 Å². The highest BCUT2D eigenvalue weighted by Crippen LogP contribution is 2.30. The third kappa shape index (κ3) is 6.18. The van der Waals surface area contributed by atoms with E-state index in [1.165, 1.54) is 14.7 Å². The standard InChI is InChI=1S/C18H15S.C6H5FO4S/c1-4-10-16(11-5-1)19(17-12-6-2-7-13-17)18-14-8-3-9-15-18;7-4-1-2-5(8)6(3-4)12(9,10)11/h1-15H;1-3,8H,(H,9,10,11)/q+1;/p-1. The van der Waals surface area contributed by atoms with Gasteiger partial charge in [0, 0.05) is 0 Å². The van der Waals surface area contributed by atoms with Gasteiger partial charge in [-0.3, -0.25) is 0 Å². The zero-order valence-electron chi connectivity index (χ0n) is 16.3. The maximum atomic E-state index is 12.4. The van der Waals surface area contributed by atoms with Gasteiger partial charge in [0.1, 0.15) is 21.7 Å². The molecule has 0 spiro atoms. The summed E-state index contributed by atoms with van der Waals surface area (Å²) < 4.78 is 43.3. The Morgan fingerprint density at radius 3 is 1.39 bits per heavy atom. The minimum absolute atomic E-state index is 0.0146. The second kappa shape index (κ2) is 10.3. The number of hydrogen-bond donors (Lipinski definition) is 1. The monoisotopic (exact) mass is 454 g/mol. The van der Waals surface area contributed by atoms with Crippen LogP contribution < -0.4 is 0 Å². The normalized spacial score (nSPS) is 10.9. The Balaban J connectivity index is 0.000000196. The molecule has 0 aliphatic heterocycles. The van der Waals surface area contributed by atoms with Crippen LogP contribution in [0.4, 0.5) is 4.39 Å². The maximum absolute atomic E-state index is 12.4. The van der Waals surface area contributed by atoms with Crippen LogP contribution in [0.2, 0.25) is 0 Å². The first-order valence-corrected chi connectivity index (χ1v) is 11.8. The average Bonchev–Trinajstić information content (AvgIpc) is 2.78. The number of rotatable bonds is 4. The maximum Gasteiger partial charge on any atom is 0.166 e. The van der Waals surface area contributed by atoms with Crippen LogP contribution in [0, 0.1) is 5.82 Å². The molecule has 4 aromatic carbocycles. The Kier molecular flexibility index (Phi) is 7.46. The van der Waals surface area contributed by atoms with E-state index in [1.807, 2.05) is 0 Å². The zero-order chi connectivity index (χ0) is 22.3. The van der Waals surface area contributed by atoms with E-state index in [1.54, 1.807) is 0 Å². The second-order valence-corrected chi connectivity index (χ2v) is 9.69. The molecule has 0 heterocycles. The molecule has 0 bridgehead atoms. The molecule has 0 saturated heterocycles. The number of aromatic hydroxyl groups is 1. The van der Waals surface area contributed by atoms with Crippen LogP contribution in [-0.2, 0) is 21.0 Å². The molecular weight excluding hydrogens is 435 g/mol. The van der Waals surface area contributed by atoms with Crippen molar-refractivity contribution in [3.63, 3.8) is 0 Å². The molecule has 7 heteroatoms. The first kappa shape index (κ1) is 22.6. The van der Waals surface area contributed by atoms with E-state index in [9.17, 15) is 17.4 Å². The number of phenols is 1. The molecule has 4 nitrogen and oxygen atoms in total. The summed E-state index contributed by atoms with van der Waals surface area (Å²) in [6, 6.07) is 34.3. The lowest BCUT2D eigenvalue weighted by Gasteiger charge is -2.08. The molecule has 158 valence electrons. The first-order chi connectivity index (χ1) is 14.9. The molecule has 0 radical (unpaired) electrons. The van der Waals surface area contributed by atoms with E-state index in [0.29, 0.717) is 6.07 Å². The van der Waals surface area contributed by atoms with Crippen molar-refractivity contribution in [2.75, 3.05) is 0 Å². The molecule has 0 amide bonds. The highest BCUT2D eigenvalue weighted by molar-refractivity contribution is 7.97. The predicted molar refractivity (Wildman–Crippen MR) is 118 cm³/mol. The summed E-state index contributed by atoms with van der Waals surface area (Å²) >= 11 is 0. The summed E-state index contributed by atoms with van der Waals surface area (Å²) in [5, 5.41) is 8.82. The lowest BCUT2D eigenvalue weighted by molar-refractivity contribution is 0.432. The molecule has 4 aromatic rings. The van der Waals surface area contributed by atoms with Gasteiger partial charge in [-0.15, -0.1) is 0 Å². The van der Waals surface area contributed by atoms with E-state index < -0.39 is 26.6 Å². The van der Waals surface area contributed by atoms with Gasteiger partial charge in [-0.2, -0.15) is 0 Å². The fourth-order valence-corrected chi connectivity index (χ4v) is 5.45. The van der Waals surface area contributed by atoms with Gasteiger partial charge < -0.3 is 9.66 Å². The second-order valence-electron chi connectivity index (χ2n) is 6.31. The quantitative estimate of drug-likeness (QED) is 0.339. The van der Waals surface area contributed by atoms with Crippen molar-refractivity contribution in [1.82, 2.24) is 0 Å². The fraction of sp³-hybridized carbons (Fsp3) is 0. The smallest absolute Gasteiger partial charge is 0.166 e. The van der Waals surface area contributed by atoms with E-state index in [4.69, 9.17) is 5.11 Å². The molecule has 0 aliphatic rings. The Morgan fingerprint density at radius 1 is 0.677 bits per heavy atom. The molecule has 4 rings (SSSR count). The van der Waals surface area contributed by atoms with Gasteiger partial charge in [0.05, 0.1) is 15.8 Å². The number of benzene rings is 4. The first-order valence-electron chi connectivity index (χ1n) is 9.20. The Hall–Kier alpha value is -3.13. The van der Waals surface area contributed by atoms with Gasteiger partial charge >= 0.3 is 0 Å². The molecule has 0 fully saturated rings. The highest BCUT2D eigenvalue weighted by Gasteiger charge is 2.27. The molecule has 0 aliphatic carbocycles. The molecule has 0 aromatic heterocycles. The molecule has 0 saturated carbocycles.